The molecule has 0 amide bonds. The van der Waals surface area contributed by atoms with Crippen LogP contribution in [0.25, 0.3) is 21.9 Å². The number of ketones is 2. The van der Waals surface area contributed by atoms with Gasteiger partial charge in [0.1, 0.15) is 11.8 Å². The third kappa shape index (κ3) is 8.05. The monoisotopic (exact) mass is 848 g/mol. The molecule has 6 nitrogen and oxygen atoms in total. The van der Waals surface area contributed by atoms with Crippen LogP contribution >= 0.6 is 22.6 Å². The Kier molecular flexibility index (Phi) is 13.9. The van der Waals surface area contributed by atoms with Crippen molar-refractivity contribution in [2.75, 3.05) is 0 Å². The summed E-state index contributed by atoms with van der Waals surface area (Å²) in [6.07, 6.45) is 10.3. The van der Waals surface area contributed by atoms with Gasteiger partial charge in [-0.15, -0.1) is 0 Å². The van der Waals surface area contributed by atoms with Crippen molar-refractivity contribution in [1.82, 2.24) is 0 Å². The van der Waals surface area contributed by atoms with Crippen LogP contribution in [0.2, 0.25) is 13.3 Å². The zero-order valence-electron chi connectivity index (χ0n) is 29.0. The van der Waals surface area contributed by atoms with E-state index in [9.17, 15) is 19.2 Å². The van der Waals surface area contributed by atoms with Gasteiger partial charge >= 0.3 is 181 Å². The second kappa shape index (κ2) is 16.7. The summed E-state index contributed by atoms with van der Waals surface area (Å²) in [5.41, 5.74) is 5.74. The number of aryl methyl sites for hydroxylation is 2. The maximum atomic E-state index is 13.9. The Morgan fingerprint density at radius 3 is 1.46 bits per heavy atom. The second-order valence-corrected chi connectivity index (χ2v) is 27.0. The molecule has 2 heterocycles. The molecule has 0 atom stereocenters. The van der Waals surface area contributed by atoms with Crippen molar-refractivity contribution in [3.63, 3.8) is 0 Å². The van der Waals surface area contributed by atoms with Gasteiger partial charge in [-0.05, 0) is 60.6 Å². The summed E-state index contributed by atoms with van der Waals surface area (Å²) in [5, 5.41) is 0.927. The fourth-order valence-corrected chi connectivity index (χ4v) is 22.9. The predicted octanol–water partition coefficient (Wildman–Crippen LogP) is 9.89. The van der Waals surface area contributed by atoms with Crippen LogP contribution < -0.4 is 14.4 Å². The van der Waals surface area contributed by atoms with E-state index >= 15 is 0 Å². The van der Waals surface area contributed by atoms with E-state index in [1.807, 2.05) is 56.4 Å². The number of unbranched alkanes of at least 4 members (excludes halogenated alkanes) is 3. The Balaban J connectivity index is 0.000000286. The van der Waals surface area contributed by atoms with E-state index < -0.39 is 18.4 Å². The Hall–Kier alpha value is -2.27. The van der Waals surface area contributed by atoms with Crippen molar-refractivity contribution in [1.29, 1.82) is 0 Å². The standard InChI is InChI=1S/C13H11IO3.C13H11O3.3C4H9.Sn/c1-6-4-10-12(11(7(6)2)8(3)15)13(16)9(14)5-17-10;1-7-6-11-13(10(15)4-5-16-11)12(8(7)2)9(3)14;3*1-3-4-2;/h4-5H,1-3H3;5-6H,1-3H3;3*1,3-4H2,2H3;. The minimum atomic E-state index is -2.94. The van der Waals surface area contributed by atoms with Gasteiger partial charge in [-0.25, -0.2) is 0 Å². The molecule has 8 heteroatoms. The molecule has 0 radical (unpaired) electrons. The van der Waals surface area contributed by atoms with Gasteiger partial charge in [-0.1, -0.05) is 0 Å². The summed E-state index contributed by atoms with van der Waals surface area (Å²) in [6, 6.07) is 3.72. The van der Waals surface area contributed by atoms with Crippen LogP contribution in [0.1, 0.15) is 116 Å². The zero-order valence-corrected chi connectivity index (χ0v) is 34.0. The van der Waals surface area contributed by atoms with Crippen LogP contribution in [0.5, 0.6) is 0 Å². The summed E-state index contributed by atoms with van der Waals surface area (Å²) >= 11 is -1.03. The van der Waals surface area contributed by atoms with Crippen molar-refractivity contribution in [3.8, 4) is 0 Å². The van der Waals surface area contributed by atoms with E-state index in [0.29, 0.717) is 36.6 Å². The Morgan fingerprint density at radius 2 is 1.07 bits per heavy atom. The van der Waals surface area contributed by atoms with Gasteiger partial charge in [0.15, 0.2) is 5.78 Å². The third-order valence-electron chi connectivity index (χ3n) is 9.43. The van der Waals surface area contributed by atoms with Crippen molar-refractivity contribution < 1.29 is 18.4 Å². The van der Waals surface area contributed by atoms with Crippen LogP contribution in [0.4, 0.5) is 0 Å². The van der Waals surface area contributed by atoms with Crippen LogP contribution in [-0.2, 0) is 0 Å². The molecule has 0 saturated carbocycles. The number of fused-ring (bicyclic) bond motifs is 2. The van der Waals surface area contributed by atoms with Gasteiger partial charge < -0.3 is 4.42 Å². The quantitative estimate of drug-likeness (QED) is 0.0801. The molecule has 0 N–H and O–H groups in total. The van der Waals surface area contributed by atoms with Crippen LogP contribution in [0, 0.1) is 31.3 Å². The molecule has 0 unspecified atom stereocenters. The molecule has 4 rings (SSSR count). The molecule has 46 heavy (non-hydrogen) atoms. The van der Waals surface area contributed by atoms with E-state index in [1.165, 1.54) is 45.8 Å². The summed E-state index contributed by atoms with van der Waals surface area (Å²) in [6.45, 7) is 17.4. The Morgan fingerprint density at radius 1 is 0.674 bits per heavy atom. The molecular formula is C38H49IO6Sn. The van der Waals surface area contributed by atoms with Gasteiger partial charge in [-0.2, -0.15) is 0 Å². The molecule has 0 aliphatic rings. The van der Waals surface area contributed by atoms with Crippen molar-refractivity contribution in [2.24, 2.45) is 0 Å². The molecule has 2 aromatic heterocycles. The first-order valence-electron chi connectivity index (χ1n) is 16.5. The Bertz CT molecular complexity index is 1840. The zero-order chi connectivity index (χ0) is 34.3. The van der Waals surface area contributed by atoms with Gasteiger partial charge in [0.05, 0.1) is 8.96 Å². The first-order valence-corrected chi connectivity index (χ1v) is 25.1. The summed E-state index contributed by atoms with van der Waals surface area (Å²) in [5.74, 6) is -0.150. The number of rotatable bonds is 12. The number of carbonyl (C=O) groups is 2. The minimum absolute atomic E-state index is 0.0443. The van der Waals surface area contributed by atoms with Gasteiger partial charge in [0.2, 0.25) is 5.43 Å². The molecule has 2 aromatic carbocycles. The molecule has 0 aliphatic heterocycles. The summed E-state index contributed by atoms with van der Waals surface area (Å²) in [7, 11) is 0. The topological polar surface area (TPSA) is 94.6 Å². The van der Waals surface area contributed by atoms with E-state index in [1.54, 1.807) is 19.3 Å². The van der Waals surface area contributed by atoms with Gasteiger partial charge in [0.25, 0.3) is 0 Å². The molecule has 0 fully saturated rings. The molecule has 4 aromatic rings. The molecule has 0 saturated heterocycles. The predicted molar refractivity (Wildman–Crippen MR) is 201 cm³/mol. The average molecular weight is 847 g/mol. The van der Waals surface area contributed by atoms with E-state index in [2.05, 4.69) is 20.8 Å². The molecule has 248 valence electrons. The van der Waals surface area contributed by atoms with Crippen LogP contribution in [0.3, 0.4) is 0 Å². The van der Waals surface area contributed by atoms with E-state index in [-0.39, 0.29) is 22.4 Å². The van der Waals surface area contributed by atoms with E-state index in [0.717, 1.165) is 45.1 Å². The SMILES string of the molecule is CC(=O)c1c(C)c(C)cc2occ(I)c(=O)c12.CCC[CH2][Sn]([CH2]CCC)([CH2]CCC)[c]1coc2cc(C)c(C)c(C(C)=O)c2c1=O. The number of halogens is 1. The fourth-order valence-electron chi connectivity index (χ4n) is 6.58. The van der Waals surface area contributed by atoms with E-state index in [4.69, 9.17) is 8.83 Å². The maximum absolute atomic E-state index is 13.9. The summed E-state index contributed by atoms with van der Waals surface area (Å²) in [4.78, 5) is 50.2. The molecule has 0 aliphatic carbocycles. The van der Waals surface area contributed by atoms with Crippen molar-refractivity contribution >= 4 is 78.1 Å². The molecular weight excluding hydrogens is 798 g/mol. The number of Topliss-reactive ketones (excluding diaryl/α,β-unsaturated/α-hetero) is 2. The average Bonchev–Trinajstić information content (AvgIpc) is 3.01. The van der Waals surface area contributed by atoms with Gasteiger partial charge in [-0.3, -0.25) is 9.59 Å². The number of hydrogen-bond donors (Lipinski definition) is 0. The van der Waals surface area contributed by atoms with Gasteiger partial charge in [0, 0.05) is 5.56 Å². The number of hydrogen-bond acceptors (Lipinski definition) is 6. The first-order chi connectivity index (χ1) is 21.8. The third-order valence-corrected chi connectivity index (χ3v) is 25.6. The second-order valence-electron chi connectivity index (χ2n) is 12.7. The van der Waals surface area contributed by atoms with Crippen LogP contribution in [-0.4, -0.2) is 29.9 Å². The summed E-state index contributed by atoms with van der Waals surface area (Å²) < 4.78 is 16.6. The fraction of sp³-hybridized carbons (Fsp3) is 0.474. The first kappa shape index (κ1) is 38.2. The van der Waals surface area contributed by atoms with Crippen molar-refractivity contribution in [3.05, 3.63) is 82.1 Å². The Labute approximate surface area is 290 Å². The molecule has 0 spiro atoms. The normalized spacial score (nSPS) is 11.5. The van der Waals surface area contributed by atoms with Crippen LogP contribution in [0.15, 0.2) is 43.1 Å². The number of carbonyl (C=O) groups excluding carboxylic acids is 2. The molecule has 0 bridgehead atoms. The number of benzene rings is 2. The van der Waals surface area contributed by atoms with Crippen molar-refractivity contribution in [2.45, 2.75) is 114 Å².